The third-order valence-corrected chi connectivity index (χ3v) is 9.35. The van der Waals surface area contributed by atoms with Crippen molar-refractivity contribution in [2.75, 3.05) is 4.90 Å². The van der Waals surface area contributed by atoms with Crippen LogP contribution in [0.3, 0.4) is 0 Å². The largest absolute Gasteiger partial charge is 0.310 e. The third kappa shape index (κ3) is 4.74. The van der Waals surface area contributed by atoms with Crippen LogP contribution in [0.15, 0.2) is 194 Å². The zero-order chi connectivity index (χ0) is 31.9. The second-order valence-electron chi connectivity index (χ2n) is 12.2. The number of benzene rings is 8. The van der Waals surface area contributed by atoms with E-state index in [1.54, 1.807) is 0 Å². The van der Waals surface area contributed by atoms with Crippen molar-refractivity contribution >= 4 is 49.6 Å². The second kappa shape index (κ2) is 11.8. The van der Waals surface area contributed by atoms with Crippen LogP contribution >= 0.6 is 0 Å². The summed E-state index contributed by atoms with van der Waals surface area (Å²) >= 11 is 0. The molecule has 0 atom stereocenters. The first-order chi connectivity index (χ1) is 23.8. The number of nitrogens with zero attached hydrogens (tertiary/aromatic N) is 2. The molecule has 0 fully saturated rings. The minimum absolute atomic E-state index is 1.11. The van der Waals surface area contributed by atoms with Gasteiger partial charge in [-0.25, -0.2) is 0 Å². The first kappa shape index (κ1) is 27.9. The Morgan fingerprint density at radius 3 is 1.77 bits per heavy atom. The fraction of sp³-hybridized carbons (Fsp3) is 0. The van der Waals surface area contributed by atoms with Gasteiger partial charge in [0, 0.05) is 38.9 Å². The molecule has 9 rings (SSSR count). The van der Waals surface area contributed by atoms with Gasteiger partial charge >= 0.3 is 0 Å². The fourth-order valence-corrected chi connectivity index (χ4v) is 7.18. The molecule has 226 valence electrons. The van der Waals surface area contributed by atoms with E-state index in [2.05, 4.69) is 204 Å². The molecule has 0 bridgehead atoms. The molecule has 48 heavy (non-hydrogen) atoms. The fourth-order valence-electron chi connectivity index (χ4n) is 7.18. The molecule has 0 unspecified atom stereocenters. The minimum atomic E-state index is 1.11. The normalized spacial score (nSPS) is 11.3. The third-order valence-electron chi connectivity index (χ3n) is 9.35. The number of hydrogen-bond acceptors (Lipinski definition) is 1. The molecule has 1 aromatic heterocycles. The molecule has 0 aliphatic carbocycles. The summed E-state index contributed by atoms with van der Waals surface area (Å²) < 4.78 is 2.44. The summed E-state index contributed by atoms with van der Waals surface area (Å²) in [6.45, 7) is 0. The van der Waals surface area contributed by atoms with Crippen molar-refractivity contribution in [2.24, 2.45) is 0 Å². The zero-order valence-electron chi connectivity index (χ0n) is 26.4. The summed E-state index contributed by atoms with van der Waals surface area (Å²) in [4.78, 5) is 2.35. The molecular weight excluding hydrogens is 581 g/mol. The van der Waals surface area contributed by atoms with Crippen LogP contribution in [0.1, 0.15) is 0 Å². The van der Waals surface area contributed by atoms with Gasteiger partial charge in [-0.2, -0.15) is 0 Å². The average molecular weight is 613 g/mol. The molecule has 0 aliphatic rings. The van der Waals surface area contributed by atoms with Crippen LogP contribution in [0.4, 0.5) is 17.1 Å². The maximum absolute atomic E-state index is 2.44. The van der Waals surface area contributed by atoms with Crippen molar-refractivity contribution in [1.82, 2.24) is 4.57 Å². The minimum Gasteiger partial charge on any atom is -0.310 e. The van der Waals surface area contributed by atoms with Crippen molar-refractivity contribution in [1.29, 1.82) is 0 Å². The summed E-state index contributed by atoms with van der Waals surface area (Å²) in [6.07, 6.45) is 0. The monoisotopic (exact) mass is 612 g/mol. The van der Waals surface area contributed by atoms with Crippen LogP contribution in [-0.2, 0) is 0 Å². The van der Waals surface area contributed by atoms with Crippen molar-refractivity contribution < 1.29 is 0 Å². The highest BCUT2D eigenvalue weighted by molar-refractivity contribution is 6.22. The van der Waals surface area contributed by atoms with Crippen molar-refractivity contribution in [3.05, 3.63) is 194 Å². The van der Waals surface area contributed by atoms with Gasteiger partial charge in [-0.05, 0) is 82.2 Å². The molecule has 2 heteroatoms. The lowest BCUT2D eigenvalue weighted by Gasteiger charge is -2.26. The van der Waals surface area contributed by atoms with E-state index < -0.39 is 0 Å². The molecule has 9 aromatic rings. The first-order valence-corrected chi connectivity index (χ1v) is 16.4. The summed E-state index contributed by atoms with van der Waals surface area (Å²) in [5, 5.41) is 5.01. The van der Waals surface area contributed by atoms with E-state index in [0.717, 1.165) is 22.7 Å². The van der Waals surface area contributed by atoms with E-state index in [0.29, 0.717) is 0 Å². The van der Waals surface area contributed by atoms with E-state index in [1.807, 2.05) is 0 Å². The Kier molecular flexibility index (Phi) is 6.84. The summed E-state index contributed by atoms with van der Waals surface area (Å²) in [5.74, 6) is 0. The molecule has 2 nitrogen and oxygen atoms in total. The van der Waals surface area contributed by atoms with E-state index in [9.17, 15) is 0 Å². The zero-order valence-corrected chi connectivity index (χ0v) is 26.4. The molecular formula is C46H32N2. The van der Waals surface area contributed by atoms with Gasteiger partial charge in [-0.1, -0.05) is 140 Å². The topological polar surface area (TPSA) is 8.17 Å². The lowest BCUT2D eigenvalue weighted by molar-refractivity contribution is 1.19. The van der Waals surface area contributed by atoms with Gasteiger partial charge in [-0.15, -0.1) is 0 Å². The smallest absolute Gasteiger partial charge is 0.0619 e. The standard InChI is InChI=1S/C46H32N2/c1-4-14-33(15-5-1)34-26-29-39(30-27-34)47(37-18-6-2-7-19-37)40-22-12-17-36(32-40)41-24-13-25-44-45(41)43-31-28-35-16-10-11-23-42(35)46(43)48(44)38-20-8-3-9-21-38/h1-32H. The second-order valence-corrected chi connectivity index (χ2v) is 12.2. The van der Waals surface area contributed by atoms with Crippen molar-refractivity contribution in [3.63, 3.8) is 0 Å². The molecule has 0 aliphatic heterocycles. The van der Waals surface area contributed by atoms with E-state index >= 15 is 0 Å². The maximum Gasteiger partial charge on any atom is 0.0619 e. The maximum atomic E-state index is 2.44. The van der Waals surface area contributed by atoms with Crippen LogP contribution < -0.4 is 4.90 Å². The van der Waals surface area contributed by atoms with E-state index in [-0.39, 0.29) is 0 Å². The molecule has 0 N–H and O–H groups in total. The molecule has 0 spiro atoms. The molecule has 0 amide bonds. The van der Waals surface area contributed by atoms with Gasteiger partial charge in [0.2, 0.25) is 0 Å². The summed E-state index contributed by atoms with van der Waals surface area (Å²) in [7, 11) is 0. The Bertz CT molecular complexity index is 2530. The van der Waals surface area contributed by atoms with Crippen LogP contribution in [-0.4, -0.2) is 4.57 Å². The number of rotatable bonds is 6. The SMILES string of the molecule is c1ccc(-c2ccc(N(c3ccccc3)c3cccc(-c4cccc5c4c4ccc6ccccc6c4n5-c4ccccc4)c3)cc2)cc1. The van der Waals surface area contributed by atoms with Gasteiger partial charge in [0.05, 0.1) is 11.0 Å². The number of anilines is 3. The average Bonchev–Trinajstić information content (AvgIpc) is 3.52. The Morgan fingerprint density at radius 1 is 0.375 bits per heavy atom. The summed E-state index contributed by atoms with van der Waals surface area (Å²) in [6, 6.07) is 69.8. The highest BCUT2D eigenvalue weighted by atomic mass is 15.1. The van der Waals surface area contributed by atoms with E-state index in [4.69, 9.17) is 0 Å². The Morgan fingerprint density at radius 2 is 0.979 bits per heavy atom. The number of fused-ring (bicyclic) bond motifs is 5. The molecule has 0 saturated carbocycles. The Labute approximate surface area is 280 Å². The van der Waals surface area contributed by atoms with Gasteiger partial charge in [0.1, 0.15) is 0 Å². The molecule has 0 radical (unpaired) electrons. The lowest BCUT2D eigenvalue weighted by Crippen LogP contribution is -2.09. The highest BCUT2D eigenvalue weighted by Gasteiger charge is 2.19. The molecule has 8 aromatic carbocycles. The quantitative estimate of drug-likeness (QED) is 0.181. The Hall–Kier alpha value is -6.38. The van der Waals surface area contributed by atoms with Crippen molar-refractivity contribution in [2.45, 2.75) is 0 Å². The van der Waals surface area contributed by atoms with Gasteiger partial charge in [-0.3, -0.25) is 0 Å². The van der Waals surface area contributed by atoms with Gasteiger partial charge in [0.25, 0.3) is 0 Å². The first-order valence-electron chi connectivity index (χ1n) is 16.4. The van der Waals surface area contributed by atoms with Crippen LogP contribution in [0.2, 0.25) is 0 Å². The van der Waals surface area contributed by atoms with E-state index in [1.165, 1.54) is 54.8 Å². The number of aromatic nitrogens is 1. The van der Waals surface area contributed by atoms with Crippen molar-refractivity contribution in [3.8, 4) is 27.9 Å². The molecule has 1 heterocycles. The predicted octanol–water partition coefficient (Wildman–Crippen LogP) is 12.7. The van der Waals surface area contributed by atoms with Gasteiger partial charge < -0.3 is 9.47 Å². The number of hydrogen-bond donors (Lipinski definition) is 0. The Balaban J connectivity index is 1.24. The number of para-hydroxylation sites is 2. The van der Waals surface area contributed by atoms with Gasteiger partial charge in [0.15, 0.2) is 0 Å². The van der Waals surface area contributed by atoms with Crippen LogP contribution in [0.5, 0.6) is 0 Å². The lowest BCUT2D eigenvalue weighted by atomic mass is 9.97. The predicted molar refractivity (Wildman–Crippen MR) is 204 cm³/mol. The summed E-state index contributed by atoms with van der Waals surface area (Å²) in [5.41, 5.74) is 11.8. The highest BCUT2D eigenvalue weighted by Crippen LogP contribution is 2.43. The molecule has 0 saturated heterocycles. The van der Waals surface area contributed by atoms with Crippen LogP contribution in [0, 0.1) is 0 Å². The van der Waals surface area contributed by atoms with Crippen LogP contribution in [0.25, 0.3) is 60.5 Å².